The van der Waals surface area contributed by atoms with Crippen LogP contribution in [0.2, 0.25) is 0 Å². The molecule has 2 aromatic rings. The molecule has 0 fully saturated rings. The van der Waals surface area contributed by atoms with Crippen molar-refractivity contribution in [3.63, 3.8) is 0 Å². The molecule has 39 heavy (non-hydrogen) atoms. The standard InChI is InChI=1S/C35H50N2O2/c1-7-17-27(18-8-2)31-29(25-21-13-11-14-22-25)36-33(38-31)35(5,6)34-37-30(26-23-15-12-16-24-26)32(39-34)28(19-9-3)20-10-4/h11-16,21-24,27-32H,7-10,17-20H2,1-6H3/t29-,30-,31?,32?/m1/s1. The van der Waals surface area contributed by atoms with Gasteiger partial charge in [-0.3, -0.25) is 0 Å². The van der Waals surface area contributed by atoms with Crippen LogP contribution in [0.3, 0.4) is 0 Å². The topological polar surface area (TPSA) is 43.2 Å². The normalized spacial score (nSPS) is 23.1. The third kappa shape index (κ3) is 6.58. The van der Waals surface area contributed by atoms with Crippen molar-refractivity contribution in [1.29, 1.82) is 0 Å². The molecular weight excluding hydrogens is 480 g/mol. The van der Waals surface area contributed by atoms with E-state index in [-0.39, 0.29) is 24.3 Å². The van der Waals surface area contributed by atoms with Gasteiger partial charge in [-0.25, -0.2) is 9.98 Å². The summed E-state index contributed by atoms with van der Waals surface area (Å²) in [4.78, 5) is 10.6. The molecule has 4 nitrogen and oxygen atoms in total. The smallest absolute Gasteiger partial charge is 0.199 e. The number of ether oxygens (including phenoxy) is 2. The van der Waals surface area contributed by atoms with Crippen LogP contribution in [0.4, 0.5) is 0 Å². The van der Waals surface area contributed by atoms with Crippen LogP contribution in [0.5, 0.6) is 0 Å². The Balaban J connectivity index is 1.69. The summed E-state index contributed by atoms with van der Waals surface area (Å²) < 4.78 is 13.8. The predicted octanol–water partition coefficient (Wildman–Crippen LogP) is 9.52. The molecule has 2 unspecified atom stereocenters. The van der Waals surface area contributed by atoms with Gasteiger partial charge in [0.2, 0.25) is 0 Å². The fourth-order valence-corrected chi connectivity index (χ4v) is 6.52. The number of rotatable bonds is 14. The maximum Gasteiger partial charge on any atom is 0.199 e. The van der Waals surface area contributed by atoms with Crippen molar-refractivity contribution in [2.24, 2.45) is 27.2 Å². The zero-order valence-corrected chi connectivity index (χ0v) is 25.1. The number of benzene rings is 2. The predicted molar refractivity (Wildman–Crippen MR) is 163 cm³/mol. The van der Waals surface area contributed by atoms with E-state index in [9.17, 15) is 0 Å². The summed E-state index contributed by atoms with van der Waals surface area (Å²) in [7, 11) is 0. The molecule has 4 atom stereocenters. The molecular formula is C35H50N2O2. The van der Waals surface area contributed by atoms with Crippen LogP contribution < -0.4 is 0 Å². The molecule has 0 saturated heterocycles. The molecule has 0 amide bonds. The average molecular weight is 531 g/mol. The fourth-order valence-electron chi connectivity index (χ4n) is 6.52. The highest BCUT2D eigenvalue weighted by Gasteiger charge is 2.49. The van der Waals surface area contributed by atoms with E-state index in [0.717, 1.165) is 63.2 Å². The van der Waals surface area contributed by atoms with Crippen molar-refractivity contribution in [2.45, 2.75) is 117 Å². The van der Waals surface area contributed by atoms with Gasteiger partial charge < -0.3 is 9.47 Å². The molecule has 2 aromatic carbocycles. The number of hydrogen-bond donors (Lipinski definition) is 0. The van der Waals surface area contributed by atoms with Crippen LogP contribution in [0.1, 0.15) is 116 Å². The highest BCUT2D eigenvalue weighted by Crippen LogP contribution is 2.45. The maximum absolute atomic E-state index is 6.89. The SMILES string of the molecule is CCCC(CCC)C1OC(C(C)(C)C2=N[C@H](c3ccccc3)C(C(CCC)CCC)O2)=N[C@@H]1c1ccccc1. The largest absolute Gasteiger partial charge is 0.474 e. The molecule has 4 heteroatoms. The minimum Gasteiger partial charge on any atom is -0.474 e. The second-order valence-corrected chi connectivity index (χ2v) is 12.0. The van der Waals surface area contributed by atoms with E-state index in [1.807, 2.05) is 0 Å². The summed E-state index contributed by atoms with van der Waals surface area (Å²) in [5, 5.41) is 0. The third-order valence-electron chi connectivity index (χ3n) is 8.55. The zero-order valence-electron chi connectivity index (χ0n) is 25.1. The van der Waals surface area contributed by atoms with E-state index in [1.54, 1.807) is 0 Å². The van der Waals surface area contributed by atoms with Gasteiger partial charge in [0.25, 0.3) is 0 Å². The first-order valence-corrected chi connectivity index (χ1v) is 15.5. The summed E-state index contributed by atoms with van der Waals surface area (Å²) in [5.41, 5.74) is 1.91. The number of nitrogens with zero attached hydrogens (tertiary/aromatic N) is 2. The van der Waals surface area contributed by atoms with Crippen molar-refractivity contribution in [3.05, 3.63) is 71.8 Å². The lowest BCUT2D eigenvalue weighted by Crippen LogP contribution is -2.38. The van der Waals surface area contributed by atoms with Gasteiger partial charge in [-0.05, 0) is 62.5 Å². The summed E-state index contributed by atoms with van der Waals surface area (Å²) >= 11 is 0. The minimum absolute atomic E-state index is 0.000716. The highest BCUT2D eigenvalue weighted by molar-refractivity contribution is 6.05. The molecule has 2 heterocycles. The molecule has 2 aliphatic heterocycles. The molecule has 0 spiro atoms. The first-order chi connectivity index (χ1) is 18.9. The van der Waals surface area contributed by atoms with E-state index < -0.39 is 5.41 Å². The average Bonchev–Trinajstić information content (AvgIpc) is 3.61. The van der Waals surface area contributed by atoms with E-state index in [2.05, 4.69) is 102 Å². The number of hydrogen-bond acceptors (Lipinski definition) is 4. The van der Waals surface area contributed by atoms with Crippen LogP contribution in [-0.4, -0.2) is 24.0 Å². The quantitative estimate of drug-likeness (QED) is 0.244. The van der Waals surface area contributed by atoms with Gasteiger partial charge in [0.1, 0.15) is 29.7 Å². The van der Waals surface area contributed by atoms with Gasteiger partial charge in [-0.1, -0.05) is 114 Å². The molecule has 0 radical (unpaired) electrons. The monoisotopic (exact) mass is 530 g/mol. The highest BCUT2D eigenvalue weighted by atomic mass is 16.5. The molecule has 2 aliphatic rings. The van der Waals surface area contributed by atoms with Crippen molar-refractivity contribution in [2.75, 3.05) is 0 Å². The Morgan fingerprint density at radius 3 is 1.23 bits per heavy atom. The fraction of sp³-hybridized carbons (Fsp3) is 0.600. The second-order valence-electron chi connectivity index (χ2n) is 12.0. The van der Waals surface area contributed by atoms with Gasteiger partial charge in [0.15, 0.2) is 11.8 Å². The molecule has 0 bridgehead atoms. The van der Waals surface area contributed by atoms with Crippen molar-refractivity contribution < 1.29 is 9.47 Å². The van der Waals surface area contributed by atoms with E-state index in [1.165, 1.54) is 11.1 Å². The third-order valence-corrected chi connectivity index (χ3v) is 8.55. The minimum atomic E-state index is -0.546. The molecule has 0 N–H and O–H groups in total. The first kappa shape index (κ1) is 29.4. The van der Waals surface area contributed by atoms with Gasteiger partial charge in [0, 0.05) is 0 Å². The summed E-state index contributed by atoms with van der Waals surface area (Å²) in [6, 6.07) is 21.4. The Morgan fingerprint density at radius 1 is 0.590 bits per heavy atom. The molecule has 0 aromatic heterocycles. The summed E-state index contributed by atoms with van der Waals surface area (Å²) in [5.74, 6) is 2.48. The van der Waals surface area contributed by atoms with Crippen molar-refractivity contribution in [1.82, 2.24) is 0 Å². The van der Waals surface area contributed by atoms with Crippen molar-refractivity contribution in [3.8, 4) is 0 Å². The Hall–Kier alpha value is -2.62. The molecule has 0 aliphatic carbocycles. The van der Waals surface area contributed by atoms with Gasteiger partial charge in [0.05, 0.1) is 0 Å². The van der Waals surface area contributed by atoms with Crippen LogP contribution in [0.25, 0.3) is 0 Å². The Labute approximate surface area is 237 Å². The lowest BCUT2D eigenvalue weighted by molar-refractivity contribution is 0.0889. The van der Waals surface area contributed by atoms with Crippen molar-refractivity contribution >= 4 is 11.8 Å². The maximum atomic E-state index is 6.89. The van der Waals surface area contributed by atoms with Crippen LogP contribution in [0.15, 0.2) is 70.6 Å². The van der Waals surface area contributed by atoms with Gasteiger partial charge >= 0.3 is 0 Å². The summed E-state index contributed by atoms with van der Waals surface area (Å²) in [6.45, 7) is 13.5. The van der Waals surface area contributed by atoms with Crippen LogP contribution in [-0.2, 0) is 9.47 Å². The lowest BCUT2D eigenvalue weighted by atomic mass is 9.86. The van der Waals surface area contributed by atoms with Crippen LogP contribution in [0, 0.1) is 17.3 Å². The van der Waals surface area contributed by atoms with Gasteiger partial charge in [-0.15, -0.1) is 0 Å². The van der Waals surface area contributed by atoms with Crippen LogP contribution >= 0.6 is 0 Å². The van der Waals surface area contributed by atoms with Gasteiger partial charge in [-0.2, -0.15) is 0 Å². The Morgan fingerprint density at radius 2 is 0.923 bits per heavy atom. The van der Waals surface area contributed by atoms with E-state index in [4.69, 9.17) is 19.5 Å². The first-order valence-electron chi connectivity index (χ1n) is 15.5. The Bertz CT molecular complexity index is 981. The number of aliphatic imine (C=N–C) groups is 2. The molecule has 212 valence electrons. The molecule has 0 saturated carbocycles. The van der Waals surface area contributed by atoms with E-state index in [0.29, 0.717) is 11.8 Å². The summed E-state index contributed by atoms with van der Waals surface area (Å²) in [6.07, 6.45) is 9.28. The molecule has 4 rings (SSSR count). The second kappa shape index (κ2) is 13.6. The van der Waals surface area contributed by atoms with E-state index >= 15 is 0 Å². The lowest BCUT2D eigenvalue weighted by Gasteiger charge is -2.31. The zero-order chi connectivity index (χ0) is 27.8. The Kier molecular flexibility index (Phi) is 10.3.